The molecule has 1 amide bonds. The number of benzene rings is 2. The van der Waals surface area contributed by atoms with E-state index in [-0.39, 0.29) is 17.6 Å². The number of piperidine rings is 1. The summed E-state index contributed by atoms with van der Waals surface area (Å²) in [4.78, 5) is 14.9. The first-order valence-corrected chi connectivity index (χ1v) is 9.50. The predicted octanol–water partition coefficient (Wildman–Crippen LogP) is 3.71. The molecular weight excluding hydrogens is 327 g/mol. The molecule has 2 aromatic rings. The molecule has 1 heterocycles. The molecule has 4 rings (SSSR count). The van der Waals surface area contributed by atoms with Gasteiger partial charge in [0.1, 0.15) is 5.82 Å². The van der Waals surface area contributed by atoms with Gasteiger partial charge in [0.15, 0.2) is 0 Å². The molecule has 2 fully saturated rings. The van der Waals surface area contributed by atoms with Gasteiger partial charge in [-0.25, -0.2) is 4.39 Å². The van der Waals surface area contributed by atoms with Crippen LogP contribution in [0.15, 0.2) is 54.6 Å². The lowest BCUT2D eigenvalue weighted by Crippen LogP contribution is -2.46. The van der Waals surface area contributed by atoms with Crippen molar-refractivity contribution < 1.29 is 9.18 Å². The standard InChI is InChI=1S/C22H25FN2O/c23-21-9-5-4-8-17(21)13-25-14-18(16-6-2-1-3-7-16)12-19(15-25)22(26)24-20-10-11-20/h1-9,18-20H,10-15H2,(H,24,26). The fourth-order valence-electron chi connectivity index (χ4n) is 3.89. The Morgan fingerprint density at radius 1 is 1.04 bits per heavy atom. The molecule has 1 N–H and O–H groups in total. The van der Waals surface area contributed by atoms with Crippen LogP contribution in [0.4, 0.5) is 4.39 Å². The summed E-state index contributed by atoms with van der Waals surface area (Å²) in [6.45, 7) is 2.09. The molecule has 1 aliphatic carbocycles. The fourth-order valence-corrected chi connectivity index (χ4v) is 3.89. The van der Waals surface area contributed by atoms with Gasteiger partial charge < -0.3 is 5.32 Å². The quantitative estimate of drug-likeness (QED) is 0.890. The fraction of sp³-hybridized carbons (Fsp3) is 0.409. The molecule has 136 valence electrons. The van der Waals surface area contributed by atoms with E-state index in [1.165, 1.54) is 11.6 Å². The van der Waals surface area contributed by atoms with Gasteiger partial charge in [0.25, 0.3) is 0 Å². The van der Waals surface area contributed by atoms with Crippen molar-refractivity contribution in [3.8, 4) is 0 Å². The van der Waals surface area contributed by atoms with E-state index >= 15 is 0 Å². The highest BCUT2D eigenvalue weighted by Gasteiger charge is 2.34. The molecule has 26 heavy (non-hydrogen) atoms. The van der Waals surface area contributed by atoms with Crippen molar-refractivity contribution in [2.24, 2.45) is 5.92 Å². The van der Waals surface area contributed by atoms with Crippen molar-refractivity contribution in [2.75, 3.05) is 13.1 Å². The third-order valence-electron chi connectivity index (χ3n) is 5.44. The molecule has 0 bridgehead atoms. The molecule has 0 radical (unpaired) electrons. The van der Waals surface area contributed by atoms with Crippen molar-refractivity contribution in [2.45, 2.75) is 37.8 Å². The molecule has 4 heteroatoms. The first-order valence-electron chi connectivity index (χ1n) is 9.50. The predicted molar refractivity (Wildman–Crippen MR) is 100 cm³/mol. The number of hydrogen-bond acceptors (Lipinski definition) is 2. The molecule has 2 atom stereocenters. The van der Waals surface area contributed by atoms with Crippen molar-refractivity contribution in [3.63, 3.8) is 0 Å². The van der Waals surface area contributed by atoms with Gasteiger partial charge in [-0.2, -0.15) is 0 Å². The lowest BCUT2D eigenvalue weighted by atomic mass is 9.84. The largest absolute Gasteiger partial charge is 0.353 e. The second-order valence-corrected chi connectivity index (χ2v) is 7.61. The van der Waals surface area contributed by atoms with E-state index in [4.69, 9.17) is 0 Å². The van der Waals surface area contributed by atoms with Gasteiger partial charge in [-0.3, -0.25) is 9.69 Å². The Morgan fingerprint density at radius 2 is 1.77 bits per heavy atom. The Morgan fingerprint density at radius 3 is 2.50 bits per heavy atom. The summed E-state index contributed by atoms with van der Waals surface area (Å²) in [5.41, 5.74) is 1.96. The molecule has 1 aliphatic heterocycles. The number of nitrogens with zero attached hydrogens (tertiary/aromatic N) is 1. The minimum Gasteiger partial charge on any atom is -0.353 e. The monoisotopic (exact) mass is 352 g/mol. The Balaban J connectivity index is 1.52. The smallest absolute Gasteiger partial charge is 0.224 e. The first kappa shape index (κ1) is 17.2. The number of likely N-dealkylation sites (tertiary alicyclic amines) is 1. The van der Waals surface area contributed by atoms with Crippen LogP contribution in [-0.2, 0) is 11.3 Å². The molecule has 2 aromatic carbocycles. The van der Waals surface area contributed by atoms with Gasteiger partial charge in [-0.05, 0) is 36.8 Å². The molecular formula is C22H25FN2O. The van der Waals surface area contributed by atoms with Crippen LogP contribution >= 0.6 is 0 Å². The molecule has 1 saturated heterocycles. The summed E-state index contributed by atoms with van der Waals surface area (Å²) in [5.74, 6) is 0.244. The zero-order chi connectivity index (χ0) is 17.9. The number of rotatable bonds is 5. The highest BCUT2D eigenvalue weighted by atomic mass is 19.1. The lowest BCUT2D eigenvalue weighted by molar-refractivity contribution is -0.127. The van der Waals surface area contributed by atoms with Gasteiger partial charge in [-0.15, -0.1) is 0 Å². The number of halogens is 1. The average Bonchev–Trinajstić information content (AvgIpc) is 3.48. The van der Waals surface area contributed by atoms with E-state index in [9.17, 15) is 9.18 Å². The maximum atomic E-state index is 14.1. The van der Waals surface area contributed by atoms with Gasteiger partial charge in [0.05, 0.1) is 5.92 Å². The van der Waals surface area contributed by atoms with Crippen molar-refractivity contribution in [3.05, 3.63) is 71.5 Å². The highest BCUT2D eigenvalue weighted by molar-refractivity contribution is 5.79. The van der Waals surface area contributed by atoms with Crippen molar-refractivity contribution in [1.29, 1.82) is 0 Å². The summed E-state index contributed by atoms with van der Waals surface area (Å²) in [7, 11) is 0. The molecule has 0 spiro atoms. The third-order valence-corrected chi connectivity index (χ3v) is 5.44. The van der Waals surface area contributed by atoms with Crippen LogP contribution in [0.3, 0.4) is 0 Å². The van der Waals surface area contributed by atoms with Gasteiger partial charge in [-0.1, -0.05) is 48.5 Å². The second-order valence-electron chi connectivity index (χ2n) is 7.61. The van der Waals surface area contributed by atoms with Crippen LogP contribution < -0.4 is 5.32 Å². The SMILES string of the molecule is O=C(NC1CC1)C1CC(c2ccccc2)CN(Cc2ccccc2F)C1. The average molecular weight is 352 g/mol. The van der Waals surface area contributed by atoms with Gasteiger partial charge >= 0.3 is 0 Å². The second kappa shape index (κ2) is 7.58. The van der Waals surface area contributed by atoms with Gasteiger partial charge in [0, 0.05) is 31.2 Å². The zero-order valence-electron chi connectivity index (χ0n) is 14.9. The van der Waals surface area contributed by atoms with Crippen LogP contribution in [0.25, 0.3) is 0 Å². The summed E-state index contributed by atoms with van der Waals surface area (Å²) in [6.07, 6.45) is 3.05. The summed E-state index contributed by atoms with van der Waals surface area (Å²) in [5, 5.41) is 3.15. The highest BCUT2D eigenvalue weighted by Crippen LogP contribution is 2.32. The molecule has 0 aromatic heterocycles. The minimum absolute atomic E-state index is 0.0404. The number of carbonyl (C=O) groups is 1. The van der Waals surface area contributed by atoms with E-state index in [2.05, 4.69) is 22.3 Å². The maximum absolute atomic E-state index is 14.1. The zero-order valence-corrected chi connectivity index (χ0v) is 14.9. The van der Waals surface area contributed by atoms with E-state index in [1.807, 2.05) is 30.3 Å². The Hall–Kier alpha value is -2.20. The number of hydrogen-bond donors (Lipinski definition) is 1. The molecule has 3 nitrogen and oxygen atoms in total. The molecule has 1 saturated carbocycles. The summed E-state index contributed by atoms with van der Waals surface area (Å²) >= 11 is 0. The molecule has 2 unspecified atom stereocenters. The number of amides is 1. The maximum Gasteiger partial charge on any atom is 0.224 e. The van der Waals surface area contributed by atoms with Crippen LogP contribution in [0, 0.1) is 11.7 Å². The van der Waals surface area contributed by atoms with E-state index in [1.54, 1.807) is 6.07 Å². The lowest BCUT2D eigenvalue weighted by Gasteiger charge is -2.37. The number of nitrogens with one attached hydrogen (secondary N) is 1. The van der Waals surface area contributed by atoms with E-state index in [0.717, 1.165) is 25.8 Å². The minimum atomic E-state index is -0.173. The third kappa shape index (κ3) is 4.13. The summed E-state index contributed by atoms with van der Waals surface area (Å²) < 4.78 is 14.1. The molecule has 2 aliphatic rings. The van der Waals surface area contributed by atoms with Crippen LogP contribution in [0.2, 0.25) is 0 Å². The normalized spacial score (nSPS) is 23.6. The van der Waals surface area contributed by atoms with Crippen LogP contribution in [0.5, 0.6) is 0 Å². The number of carbonyl (C=O) groups excluding carboxylic acids is 1. The Labute approximate surface area is 154 Å². The van der Waals surface area contributed by atoms with Crippen molar-refractivity contribution >= 4 is 5.91 Å². The van der Waals surface area contributed by atoms with Gasteiger partial charge in [0.2, 0.25) is 5.91 Å². The summed E-state index contributed by atoms with van der Waals surface area (Å²) in [6, 6.07) is 17.7. The van der Waals surface area contributed by atoms with Crippen molar-refractivity contribution in [1.82, 2.24) is 10.2 Å². The Bertz CT molecular complexity index is 760. The van der Waals surface area contributed by atoms with Crippen LogP contribution in [0.1, 0.15) is 36.3 Å². The van der Waals surface area contributed by atoms with E-state index in [0.29, 0.717) is 30.6 Å². The van der Waals surface area contributed by atoms with E-state index < -0.39 is 0 Å². The topological polar surface area (TPSA) is 32.3 Å². The van der Waals surface area contributed by atoms with Crippen LogP contribution in [-0.4, -0.2) is 29.9 Å². The Kier molecular flexibility index (Phi) is 5.02. The first-order chi connectivity index (χ1) is 12.7.